The molecule has 0 saturated heterocycles. The molecule has 1 fully saturated rings. The fourth-order valence-electron chi connectivity index (χ4n) is 2.36. The molecule has 1 saturated carbocycles. The number of rotatable bonds is 5. The molecule has 0 aliphatic heterocycles. The lowest BCUT2D eigenvalue weighted by Crippen LogP contribution is -2.16. The van der Waals surface area contributed by atoms with Crippen molar-refractivity contribution in [2.24, 2.45) is 0 Å². The second-order valence-corrected chi connectivity index (χ2v) is 4.76. The number of aromatic nitrogens is 2. The van der Waals surface area contributed by atoms with Gasteiger partial charge in [-0.3, -0.25) is 0 Å². The third-order valence-corrected chi connectivity index (χ3v) is 3.41. The summed E-state index contributed by atoms with van der Waals surface area (Å²) in [6.45, 7) is 3.92. The zero-order valence-electron chi connectivity index (χ0n) is 10.9. The summed E-state index contributed by atoms with van der Waals surface area (Å²) in [5.74, 6) is 2.01. The summed E-state index contributed by atoms with van der Waals surface area (Å²) in [7, 11) is 1.69. The highest BCUT2D eigenvalue weighted by atomic mass is 16.5. The topological polar surface area (TPSA) is 39.1 Å². The zero-order valence-corrected chi connectivity index (χ0v) is 10.9. The number of imidazole rings is 1. The fourth-order valence-corrected chi connectivity index (χ4v) is 2.36. The minimum Gasteiger partial charge on any atom is -0.497 e. The molecule has 0 bridgehead atoms. The summed E-state index contributed by atoms with van der Waals surface area (Å²) < 4.78 is 7.65. The minimum absolute atomic E-state index is 0.650. The first-order chi connectivity index (χ1) is 8.83. The molecule has 1 aromatic heterocycles. The summed E-state index contributed by atoms with van der Waals surface area (Å²) in [5.41, 5.74) is 2.26. The number of benzene rings is 1. The van der Waals surface area contributed by atoms with Gasteiger partial charge in [0.15, 0.2) is 0 Å². The van der Waals surface area contributed by atoms with Gasteiger partial charge < -0.3 is 14.6 Å². The van der Waals surface area contributed by atoms with Crippen LogP contribution in [0.2, 0.25) is 0 Å². The van der Waals surface area contributed by atoms with Gasteiger partial charge in [0.25, 0.3) is 0 Å². The molecule has 1 aliphatic carbocycles. The molecule has 1 aromatic carbocycles. The van der Waals surface area contributed by atoms with Crippen LogP contribution in [-0.4, -0.2) is 23.2 Å². The number of nitrogens with one attached hydrogen (secondary N) is 1. The molecule has 1 aliphatic rings. The standard InChI is InChI=1S/C14H19N3O/c1-3-15-9-14-16-12-8-11(18-2)6-7-13(12)17(14)10-4-5-10/h6-8,10,15H,3-5,9H2,1-2H3. The van der Waals surface area contributed by atoms with E-state index in [0.29, 0.717) is 6.04 Å². The predicted octanol–water partition coefficient (Wildman–Crippen LogP) is 2.49. The van der Waals surface area contributed by atoms with Crippen LogP contribution in [0.15, 0.2) is 18.2 Å². The highest BCUT2D eigenvalue weighted by Gasteiger charge is 2.27. The first kappa shape index (κ1) is 11.5. The molecule has 4 nitrogen and oxygen atoms in total. The highest BCUT2D eigenvalue weighted by molar-refractivity contribution is 5.78. The lowest BCUT2D eigenvalue weighted by Gasteiger charge is -2.07. The predicted molar refractivity (Wildman–Crippen MR) is 71.9 cm³/mol. The van der Waals surface area contributed by atoms with Gasteiger partial charge in [0, 0.05) is 12.1 Å². The normalized spacial score (nSPS) is 15.2. The number of nitrogens with zero attached hydrogens (tertiary/aromatic N) is 2. The summed E-state index contributed by atoms with van der Waals surface area (Å²) in [4.78, 5) is 4.74. The molecule has 0 spiro atoms. The van der Waals surface area contributed by atoms with Gasteiger partial charge in [-0.25, -0.2) is 4.98 Å². The maximum Gasteiger partial charge on any atom is 0.124 e. The monoisotopic (exact) mass is 245 g/mol. The van der Waals surface area contributed by atoms with Gasteiger partial charge in [0.05, 0.1) is 24.7 Å². The van der Waals surface area contributed by atoms with Crippen LogP contribution >= 0.6 is 0 Å². The molecule has 0 amide bonds. The average Bonchev–Trinajstić information content (AvgIpc) is 3.16. The zero-order chi connectivity index (χ0) is 12.5. The van der Waals surface area contributed by atoms with E-state index in [1.165, 1.54) is 18.4 Å². The van der Waals surface area contributed by atoms with E-state index in [0.717, 1.165) is 30.2 Å². The van der Waals surface area contributed by atoms with Crippen LogP contribution in [0.5, 0.6) is 5.75 Å². The minimum atomic E-state index is 0.650. The number of hydrogen-bond donors (Lipinski definition) is 1. The molecule has 0 radical (unpaired) electrons. The molecule has 1 N–H and O–H groups in total. The van der Waals surface area contributed by atoms with Crippen molar-refractivity contribution in [3.05, 3.63) is 24.0 Å². The second-order valence-electron chi connectivity index (χ2n) is 4.76. The SMILES string of the molecule is CCNCc1nc2cc(OC)ccc2n1C1CC1. The first-order valence-corrected chi connectivity index (χ1v) is 6.59. The highest BCUT2D eigenvalue weighted by Crippen LogP contribution is 2.39. The summed E-state index contributed by atoms with van der Waals surface area (Å²) in [6.07, 6.45) is 2.55. The lowest BCUT2D eigenvalue weighted by atomic mass is 10.3. The maximum atomic E-state index is 5.26. The molecule has 4 heteroatoms. The van der Waals surface area contributed by atoms with Crippen LogP contribution in [0.1, 0.15) is 31.6 Å². The van der Waals surface area contributed by atoms with Crippen LogP contribution in [0.4, 0.5) is 0 Å². The van der Waals surface area contributed by atoms with Gasteiger partial charge in [0.2, 0.25) is 0 Å². The summed E-state index contributed by atoms with van der Waals surface area (Å²) >= 11 is 0. The molecule has 18 heavy (non-hydrogen) atoms. The molecular formula is C14H19N3O. The van der Waals surface area contributed by atoms with E-state index in [1.54, 1.807) is 7.11 Å². The molecule has 0 unspecified atom stereocenters. The largest absolute Gasteiger partial charge is 0.497 e. The summed E-state index contributed by atoms with van der Waals surface area (Å²) in [6, 6.07) is 6.80. The quantitative estimate of drug-likeness (QED) is 0.879. The van der Waals surface area contributed by atoms with Crippen LogP contribution in [0.25, 0.3) is 11.0 Å². The van der Waals surface area contributed by atoms with Crippen LogP contribution in [0, 0.1) is 0 Å². The van der Waals surface area contributed by atoms with Crippen molar-refractivity contribution in [1.29, 1.82) is 0 Å². The van der Waals surface area contributed by atoms with E-state index >= 15 is 0 Å². The second kappa shape index (κ2) is 4.61. The Hall–Kier alpha value is -1.55. The van der Waals surface area contributed by atoms with E-state index < -0.39 is 0 Å². The van der Waals surface area contributed by atoms with E-state index in [2.05, 4.69) is 22.9 Å². The Morgan fingerprint density at radius 3 is 2.94 bits per heavy atom. The Morgan fingerprint density at radius 1 is 1.44 bits per heavy atom. The molecule has 1 heterocycles. The average molecular weight is 245 g/mol. The van der Waals surface area contributed by atoms with Crippen molar-refractivity contribution in [1.82, 2.24) is 14.9 Å². The van der Waals surface area contributed by atoms with Crippen molar-refractivity contribution >= 4 is 11.0 Å². The van der Waals surface area contributed by atoms with Crippen molar-refractivity contribution in [2.45, 2.75) is 32.4 Å². The molecule has 3 rings (SSSR count). The van der Waals surface area contributed by atoms with E-state index in [9.17, 15) is 0 Å². The fraction of sp³-hybridized carbons (Fsp3) is 0.500. The lowest BCUT2D eigenvalue weighted by molar-refractivity contribution is 0.415. The number of fused-ring (bicyclic) bond motifs is 1. The van der Waals surface area contributed by atoms with E-state index in [1.807, 2.05) is 12.1 Å². The van der Waals surface area contributed by atoms with Gasteiger partial charge in [-0.15, -0.1) is 0 Å². The van der Waals surface area contributed by atoms with Gasteiger partial charge in [-0.05, 0) is 31.5 Å². The van der Waals surface area contributed by atoms with Crippen molar-refractivity contribution in [3.8, 4) is 5.75 Å². The van der Waals surface area contributed by atoms with Crippen molar-refractivity contribution in [3.63, 3.8) is 0 Å². The molecule has 0 atom stereocenters. The van der Waals surface area contributed by atoms with Crippen molar-refractivity contribution in [2.75, 3.05) is 13.7 Å². The van der Waals surface area contributed by atoms with E-state index in [4.69, 9.17) is 9.72 Å². The number of hydrogen-bond acceptors (Lipinski definition) is 3. The number of ether oxygens (including phenoxy) is 1. The smallest absolute Gasteiger partial charge is 0.124 e. The Kier molecular flexibility index (Phi) is 2.96. The molecule has 96 valence electrons. The third-order valence-electron chi connectivity index (χ3n) is 3.41. The molecular weight excluding hydrogens is 226 g/mol. The van der Waals surface area contributed by atoms with Crippen LogP contribution in [0.3, 0.4) is 0 Å². The Morgan fingerprint density at radius 2 is 2.28 bits per heavy atom. The maximum absolute atomic E-state index is 5.26. The summed E-state index contributed by atoms with van der Waals surface area (Å²) in [5, 5.41) is 3.36. The Labute approximate surface area is 107 Å². The number of methoxy groups -OCH3 is 1. The van der Waals surface area contributed by atoms with Crippen LogP contribution in [-0.2, 0) is 6.54 Å². The molecule has 2 aromatic rings. The van der Waals surface area contributed by atoms with E-state index in [-0.39, 0.29) is 0 Å². The van der Waals surface area contributed by atoms with Gasteiger partial charge >= 0.3 is 0 Å². The van der Waals surface area contributed by atoms with Crippen molar-refractivity contribution < 1.29 is 4.74 Å². The first-order valence-electron chi connectivity index (χ1n) is 6.59. The Bertz CT molecular complexity index is 557. The van der Waals surface area contributed by atoms with Crippen LogP contribution < -0.4 is 10.1 Å². The third kappa shape index (κ3) is 1.97. The van der Waals surface area contributed by atoms with Gasteiger partial charge in [-0.2, -0.15) is 0 Å². The van der Waals surface area contributed by atoms with Gasteiger partial charge in [0.1, 0.15) is 11.6 Å². The van der Waals surface area contributed by atoms with Gasteiger partial charge in [-0.1, -0.05) is 6.92 Å². The Balaban J connectivity index is 2.06.